The summed E-state index contributed by atoms with van der Waals surface area (Å²) >= 11 is 1.36. The molecule has 0 spiro atoms. The van der Waals surface area contributed by atoms with Crippen molar-refractivity contribution in [2.24, 2.45) is 0 Å². The van der Waals surface area contributed by atoms with Crippen LogP contribution < -0.4 is 9.04 Å². The number of halogens is 1. The Morgan fingerprint density at radius 1 is 1.24 bits per heavy atom. The van der Waals surface area contributed by atoms with E-state index in [1.165, 1.54) is 42.7 Å². The number of anilines is 1. The maximum absolute atomic E-state index is 13.4. The molecule has 0 N–H and O–H groups in total. The van der Waals surface area contributed by atoms with Gasteiger partial charge in [-0.25, -0.2) is 17.8 Å². The van der Waals surface area contributed by atoms with E-state index in [0.717, 1.165) is 27.5 Å². The fraction of sp³-hybridized carbons (Fsp3) is 0.167. The minimum Gasteiger partial charge on any atom is -0.490 e. The summed E-state index contributed by atoms with van der Waals surface area (Å²) in [5.74, 6) is -0.576. The first-order valence-electron chi connectivity index (χ1n) is 8.24. The van der Waals surface area contributed by atoms with E-state index in [1.807, 2.05) is 0 Å². The zero-order valence-electron chi connectivity index (χ0n) is 15.4. The zero-order chi connectivity index (χ0) is 21.2. The van der Waals surface area contributed by atoms with E-state index in [1.54, 1.807) is 12.3 Å². The van der Waals surface area contributed by atoms with Gasteiger partial charge in [0.05, 0.1) is 39.9 Å². The Morgan fingerprint density at radius 2 is 1.93 bits per heavy atom. The van der Waals surface area contributed by atoms with Gasteiger partial charge in [0.1, 0.15) is 5.82 Å². The van der Waals surface area contributed by atoms with Crippen molar-refractivity contribution in [3.63, 3.8) is 0 Å². The van der Waals surface area contributed by atoms with E-state index in [0.29, 0.717) is 5.69 Å². The van der Waals surface area contributed by atoms with Crippen LogP contribution in [0.2, 0.25) is 0 Å². The summed E-state index contributed by atoms with van der Waals surface area (Å²) in [7, 11) is -2.97. The molecule has 0 atom stereocenters. The van der Waals surface area contributed by atoms with Crippen molar-refractivity contribution >= 4 is 32.7 Å². The molecule has 3 rings (SSSR count). The molecule has 1 heterocycles. The van der Waals surface area contributed by atoms with Gasteiger partial charge in [0.15, 0.2) is 5.75 Å². The molecule has 152 valence electrons. The number of nitrogens with zero attached hydrogens (tertiary/aromatic N) is 3. The molecule has 1 aromatic heterocycles. The lowest BCUT2D eigenvalue weighted by atomic mass is 10.3. The van der Waals surface area contributed by atoms with Crippen LogP contribution in [0.5, 0.6) is 5.75 Å². The van der Waals surface area contributed by atoms with E-state index >= 15 is 0 Å². The molecule has 29 heavy (non-hydrogen) atoms. The summed E-state index contributed by atoms with van der Waals surface area (Å²) in [5, 5.41) is 13.8. The summed E-state index contributed by atoms with van der Waals surface area (Å²) in [4.78, 5) is 14.6. The number of aromatic nitrogens is 1. The average Bonchev–Trinajstić information content (AvgIpc) is 3.11. The van der Waals surface area contributed by atoms with Gasteiger partial charge < -0.3 is 4.74 Å². The van der Waals surface area contributed by atoms with Gasteiger partial charge in [0, 0.05) is 11.4 Å². The SMILES string of the molecule is COc1ccc(S(=O)(=O)N(Cc2csc(C)n2)c2ccc(F)cc2)cc1[N+](=O)[O-]. The molecule has 0 amide bonds. The third-order valence-corrected chi connectivity index (χ3v) is 6.61. The van der Waals surface area contributed by atoms with Crippen LogP contribution in [0.15, 0.2) is 52.7 Å². The Hall–Kier alpha value is -3.05. The minimum atomic E-state index is -4.22. The highest BCUT2D eigenvalue weighted by Gasteiger charge is 2.29. The Labute approximate surface area is 170 Å². The molecular formula is C18H16FN3O5S2. The lowest BCUT2D eigenvalue weighted by molar-refractivity contribution is -0.386. The van der Waals surface area contributed by atoms with Crippen LogP contribution in [0.25, 0.3) is 0 Å². The highest BCUT2D eigenvalue weighted by Crippen LogP contribution is 2.33. The highest BCUT2D eigenvalue weighted by atomic mass is 32.2. The van der Waals surface area contributed by atoms with E-state index in [9.17, 15) is 22.9 Å². The van der Waals surface area contributed by atoms with Crippen LogP contribution in [0, 0.1) is 22.9 Å². The molecule has 0 aliphatic carbocycles. The number of rotatable bonds is 7. The van der Waals surface area contributed by atoms with E-state index in [4.69, 9.17) is 4.74 Å². The second kappa shape index (κ2) is 8.13. The van der Waals surface area contributed by atoms with Crippen molar-refractivity contribution < 1.29 is 22.5 Å². The fourth-order valence-corrected chi connectivity index (χ4v) is 4.71. The standard InChI is InChI=1S/C18H16FN3O5S2/c1-12-20-14(11-28-12)10-21(15-5-3-13(19)4-6-15)29(25,26)16-7-8-18(27-2)17(9-16)22(23)24/h3-9,11H,10H2,1-2H3. The van der Waals surface area contributed by atoms with E-state index in [2.05, 4.69) is 4.98 Å². The lowest BCUT2D eigenvalue weighted by Crippen LogP contribution is -2.30. The van der Waals surface area contributed by atoms with E-state index in [-0.39, 0.29) is 22.9 Å². The second-order valence-corrected chi connectivity index (χ2v) is 8.86. The number of methoxy groups -OCH3 is 1. The monoisotopic (exact) mass is 437 g/mol. The quantitative estimate of drug-likeness (QED) is 0.410. The first-order valence-corrected chi connectivity index (χ1v) is 10.6. The first-order chi connectivity index (χ1) is 13.7. The topological polar surface area (TPSA) is 103 Å². The van der Waals surface area contributed by atoms with Gasteiger partial charge in [-0.1, -0.05) is 0 Å². The van der Waals surface area contributed by atoms with Crippen LogP contribution in [-0.4, -0.2) is 25.4 Å². The Balaban J connectivity index is 2.11. The number of hydrogen-bond donors (Lipinski definition) is 0. The van der Waals surface area contributed by atoms with Gasteiger partial charge in [-0.3, -0.25) is 14.4 Å². The largest absolute Gasteiger partial charge is 0.490 e. The van der Waals surface area contributed by atoms with E-state index < -0.39 is 26.5 Å². The van der Waals surface area contributed by atoms with Crippen molar-refractivity contribution in [2.45, 2.75) is 18.4 Å². The molecule has 0 aliphatic rings. The average molecular weight is 437 g/mol. The summed E-state index contributed by atoms with van der Waals surface area (Å²) < 4.78 is 46.0. The predicted octanol–water partition coefficient (Wildman–Crippen LogP) is 3.90. The van der Waals surface area contributed by atoms with Gasteiger partial charge in [0.2, 0.25) is 0 Å². The summed E-state index contributed by atoms with van der Waals surface area (Å²) in [5.41, 5.74) is 0.232. The number of nitro benzene ring substituents is 1. The van der Waals surface area contributed by atoms with Crippen molar-refractivity contribution in [1.29, 1.82) is 0 Å². The molecule has 3 aromatic rings. The number of hydrogen-bond acceptors (Lipinski definition) is 7. The molecule has 0 unspecified atom stereocenters. The number of ether oxygens (including phenoxy) is 1. The molecule has 0 aliphatic heterocycles. The third kappa shape index (κ3) is 4.35. The predicted molar refractivity (Wildman–Crippen MR) is 106 cm³/mol. The number of benzene rings is 2. The first kappa shape index (κ1) is 20.7. The van der Waals surface area contributed by atoms with Gasteiger partial charge >= 0.3 is 5.69 Å². The van der Waals surface area contributed by atoms with Crippen molar-refractivity contribution in [3.05, 3.63) is 74.5 Å². The Bertz CT molecular complexity index is 1150. The highest BCUT2D eigenvalue weighted by molar-refractivity contribution is 7.92. The van der Waals surface area contributed by atoms with Crippen molar-refractivity contribution in [1.82, 2.24) is 4.98 Å². The van der Waals surface area contributed by atoms with Crippen LogP contribution in [0.3, 0.4) is 0 Å². The van der Waals surface area contributed by atoms with Gasteiger partial charge in [-0.2, -0.15) is 0 Å². The van der Waals surface area contributed by atoms with Crippen LogP contribution in [0.1, 0.15) is 10.7 Å². The second-order valence-electron chi connectivity index (χ2n) is 5.94. The van der Waals surface area contributed by atoms with Crippen LogP contribution in [0.4, 0.5) is 15.8 Å². The van der Waals surface area contributed by atoms with Crippen molar-refractivity contribution in [3.8, 4) is 5.75 Å². The maximum Gasteiger partial charge on any atom is 0.312 e. The van der Waals surface area contributed by atoms with Gasteiger partial charge in [-0.15, -0.1) is 11.3 Å². The van der Waals surface area contributed by atoms with Crippen molar-refractivity contribution in [2.75, 3.05) is 11.4 Å². The molecular weight excluding hydrogens is 421 g/mol. The molecule has 0 fully saturated rings. The maximum atomic E-state index is 13.4. The molecule has 0 saturated heterocycles. The molecule has 0 radical (unpaired) electrons. The number of thiazole rings is 1. The normalized spacial score (nSPS) is 11.3. The zero-order valence-corrected chi connectivity index (χ0v) is 17.0. The third-order valence-electron chi connectivity index (χ3n) is 4.02. The Morgan fingerprint density at radius 3 is 2.48 bits per heavy atom. The summed E-state index contributed by atoms with van der Waals surface area (Å²) in [6.07, 6.45) is 0. The molecule has 2 aromatic carbocycles. The molecule has 0 bridgehead atoms. The fourth-order valence-electron chi connectivity index (χ4n) is 2.65. The van der Waals surface area contributed by atoms with Crippen LogP contribution in [-0.2, 0) is 16.6 Å². The van der Waals surface area contributed by atoms with Crippen LogP contribution >= 0.6 is 11.3 Å². The van der Waals surface area contributed by atoms with Gasteiger partial charge in [-0.05, 0) is 43.3 Å². The number of sulfonamides is 1. The number of aryl methyl sites for hydroxylation is 1. The minimum absolute atomic E-state index is 0.0580. The molecule has 8 nitrogen and oxygen atoms in total. The molecule has 0 saturated carbocycles. The molecule has 11 heteroatoms. The van der Waals surface area contributed by atoms with Gasteiger partial charge in [0.25, 0.3) is 10.0 Å². The number of nitro groups is 1. The Kier molecular flexibility index (Phi) is 5.80. The summed E-state index contributed by atoms with van der Waals surface area (Å²) in [6.45, 7) is 1.68. The summed E-state index contributed by atoms with van der Waals surface area (Å²) in [6, 6.07) is 8.32. The smallest absolute Gasteiger partial charge is 0.312 e. The lowest BCUT2D eigenvalue weighted by Gasteiger charge is -2.24.